The fourth-order valence-corrected chi connectivity index (χ4v) is 3.74. The van der Waals surface area contributed by atoms with E-state index < -0.39 is 0 Å². The molecule has 104 valence electrons. The van der Waals surface area contributed by atoms with Crippen molar-refractivity contribution in [1.82, 2.24) is 0 Å². The number of ketones is 1. The van der Waals surface area contributed by atoms with E-state index in [2.05, 4.69) is 18.7 Å². The Bertz CT molecular complexity index is 512. The van der Waals surface area contributed by atoms with Crippen molar-refractivity contribution in [3.05, 3.63) is 21.1 Å². The molecule has 0 spiro atoms. The maximum absolute atomic E-state index is 11.4. The molecule has 2 heterocycles. The number of rotatable bonds is 3. The Morgan fingerprint density at radius 2 is 2.21 bits per heavy atom. The summed E-state index contributed by atoms with van der Waals surface area (Å²) in [5.41, 5.74) is 0.0663. The molecule has 0 aliphatic carbocycles. The number of nitrogens with zero attached hydrogens (tertiary/aromatic N) is 2. The van der Waals surface area contributed by atoms with E-state index in [1.165, 1.54) is 24.3 Å². The molecule has 1 aromatic heterocycles. The van der Waals surface area contributed by atoms with Gasteiger partial charge in [0.05, 0.1) is 9.80 Å². The van der Waals surface area contributed by atoms with Crippen molar-refractivity contribution >= 4 is 27.8 Å². The van der Waals surface area contributed by atoms with E-state index in [0.29, 0.717) is 15.8 Å². The zero-order chi connectivity index (χ0) is 14.2. The number of carbonyl (C=O) groups excluding carboxylic acids is 1. The average Bonchev–Trinajstić information content (AvgIpc) is 2.73. The fraction of sp³-hybridized carbons (Fsp3) is 0.615. The van der Waals surface area contributed by atoms with Crippen LogP contribution in [-0.2, 0) is 0 Å². The molecule has 0 bridgehead atoms. The first-order valence-corrected chi connectivity index (χ1v) is 7.27. The molecule has 2 atom stereocenters. The summed E-state index contributed by atoms with van der Waals surface area (Å²) in [6, 6.07) is 1.69. The highest BCUT2D eigenvalue weighted by Crippen LogP contribution is 2.41. The van der Waals surface area contributed by atoms with Gasteiger partial charge in [-0.1, -0.05) is 6.92 Å². The number of piperidine rings is 1. The van der Waals surface area contributed by atoms with Crippen LogP contribution in [0.2, 0.25) is 0 Å². The molecule has 0 amide bonds. The fourth-order valence-electron chi connectivity index (χ4n) is 2.59. The summed E-state index contributed by atoms with van der Waals surface area (Å²) in [5.74, 6) is 0.537. The number of Topliss-reactive ketones (excluding diaryl/α,β-unsaturated/α-hetero) is 1. The quantitative estimate of drug-likeness (QED) is 0.483. The minimum absolute atomic E-state index is 0.0663. The van der Waals surface area contributed by atoms with E-state index in [1.54, 1.807) is 0 Å². The van der Waals surface area contributed by atoms with Gasteiger partial charge in [-0.15, -0.1) is 11.3 Å². The van der Waals surface area contributed by atoms with Crippen LogP contribution in [0.4, 0.5) is 10.7 Å². The minimum Gasteiger partial charge on any atom is -0.355 e. The second kappa shape index (κ2) is 5.28. The van der Waals surface area contributed by atoms with Gasteiger partial charge in [0.15, 0.2) is 10.8 Å². The Morgan fingerprint density at radius 3 is 2.74 bits per heavy atom. The highest BCUT2D eigenvalue weighted by atomic mass is 32.1. The Labute approximate surface area is 116 Å². The molecule has 1 aromatic rings. The molecule has 0 saturated carbocycles. The van der Waals surface area contributed by atoms with Crippen LogP contribution >= 0.6 is 11.3 Å². The number of hydrogen-bond donors (Lipinski definition) is 0. The first-order chi connectivity index (χ1) is 8.90. The van der Waals surface area contributed by atoms with Crippen molar-refractivity contribution in [1.29, 1.82) is 0 Å². The van der Waals surface area contributed by atoms with Crippen LogP contribution in [0.3, 0.4) is 0 Å². The van der Waals surface area contributed by atoms with Crippen LogP contribution in [0.1, 0.15) is 43.3 Å². The van der Waals surface area contributed by atoms with Crippen molar-refractivity contribution in [2.45, 2.75) is 39.7 Å². The topological polar surface area (TPSA) is 63.4 Å². The van der Waals surface area contributed by atoms with E-state index in [-0.39, 0.29) is 22.4 Å². The Balaban J connectivity index is 2.37. The van der Waals surface area contributed by atoms with Crippen LogP contribution in [0.15, 0.2) is 6.07 Å². The van der Waals surface area contributed by atoms with Gasteiger partial charge in [-0.05, 0) is 32.6 Å². The Hall–Kier alpha value is -1.43. The molecular weight excluding hydrogens is 264 g/mol. The minimum atomic E-state index is -0.386. The maximum atomic E-state index is 11.4. The van der Waals surface area contributed by atoms with E-state index in [9.17, 15) is 14.9 Å². The maximum Gasteiger partial charge on any atom is 0.304 e. The van der Waals surface area contributed by atoms with Crippen molar-refractivity contribution < 1.29 is 9.72 Å². The zero-order valence-corrected chi connectivity index (χ0v) is 12.2. The van der Waals surface area contributed by atoms with Crippen molar-refractivity contribution in [3.8, 4) is 0 Å². The van der Waals surface area contributed by atoms with Gasteiger partial charge in [-0.25, -0.2) is 0 Å². The summed E-state index contributed by atoms with van der Waals surface area (Å²) in [4.78, 5) is 24.7. The Morgan fingerprint density at radius 1 is 1.53 bits per heavy atom. The summed E-state index contributed by atoms with van der Waals surface area (Å²) in [6.45, 7) is 6.56. The van der Waals surface area contributed by atoms with Gasteiger partial charge in [0.2, 0.25) is 0 Å². The first-order valence-electron chi connectivity index (χ1n) is 6.46. The second-order valence-electron chi connectivity index (χ2n) is 5.29. The molecule has 1 fully saturated rings. The number of nitro groups is 1. The molecule has 0 radical (unpaired) electrons. The van der Waals surface area contributed by atoms with Gasteiger partial charge in [0.1, 0.15) is 0 Å². The van der Waals surface area contributed by atoms with Crippen molar-refractivity contribution in [2.24, 2.45) is 5.92 Å². The molecular formula is C13H18N2O3S. The average molecular weight is 282 g/mol. The van der Waals surface area contributed by atoms with E-state index in [1.807, 2.05) is 0 Å². The van der Waals surface area contributed by atoms with Gasteiger partial charge < -0.3 is 4.90 Å². The van der Waals surface area contributed by atoms with Gasteiger partial charge in [-0.2, -0.15) is 0 Å². The third kappa shape index (κ3) is 2.78. The lowest BCUT2D eigenvalue weighted by atomic mass is 9.93. The molecule has 2 unspecified atom stereocenters. The normalized spacial score (nSPS) is 23.4. The molecule has 0 N–H and O–H groups in total. The third-order valence-corrected chi connectivity index (χ3v) is 4.90. The molecule has 6 heteroatoms. The number of hydrogen-bond acceptors (Lipinski definition) is 5. The lowest BCUT2D eigenvalue weighted by Crippen LogP contribution is -2.40. The largest absolute Gasteiger partial charge is 0.355 e. The monoisotopic (exact) mass is 282 g/mol. The zero-order valence-electron chi connectivity index (χ0n) is 11.4. The Kier molecular flexibility index (Phi) is 3.89. The molecule has 5 nitrogen and oxygen atoms in total. The lowest BCUT2D eigenvalue weighted by molar-refractivity contribution is -0.383. The number of thiophene rings is 1. The van der Waals surface area contributed by atoms with Gasteiger partial charge in [0, 0.05) is 18.7 Å². The smallest absolute Gasteiger partial charge is 0.304 e. The van der Waals surface area contributed by atoms with Crippen LogP contribution in [0, 0.1) is 16.0 Å². The van der Waals surface area contributed by atoms with Crippen molar-refractivity contribution in [3.63, 3.8) is 0 Å². The molecule has 2 rings (SSSR count). The summed E-state index contributed by atoms with van der Waals surface area (Å²) in [5, 5.41) is 11.8. The van der Waals surface area contributed by atoms with Crippen molar-refractivity contribution in [2.75, 3.05) is 11.4 Å². The van der Waals surface area contributed by atoms with Gasteiger partial charge in [-0.3, -0.25) is 14.9 Å². The summed E-state index contributed by atoms with van der Waals surface area (Å²) in [7, 11) is 0. The summed E-state index contributed by atoms with van der Waals surface area (Å²) in [6.07, 6.45) is 2.07. The summed E-state index contributed by atoms with van der Waals surface area (Å²) < 4.78 is 0. The highest BCUT2D eigenvalue weighted by Gasteiger charge is 2.31. The van der Waals surface area contributed by atoms with Gasteiger partial charge in [0.25, 0.3) is 0 Å². The molecule has 1 saturated heterocycles. The van der Waals surface area contributed by atoms with Crippen LogP contribution < -0.4 is 4.90 Å². The first kappa shape index (κ1) is 14.0. The van der Waals surface area contributed by atoms with E-state index in [4.69, 9.17) is 0 Å². The molecule has 0 aromatic carbocycles. The molecule has 1 aliphatic heterocycles. The third-order valence-electron chi connectivity index (χ3n) is 3.64. The lowest BCUT2D eigenvalue weighted by Gasteiger charge is -2.36. The number of anilines is 1. The standard InChI is InChI=1S/C13H18N2O3S/c1-8-4-5-14(9(2)6-8)13-11(15(17)18)7-12(19-13)10(3)16/h7-9H,4-6H2,1-3H3. The molecule has 1 aliphatic rings. The highest BCUT2D eigenvalue weighted by molar-refractivity contribution is 7.18. The van der Waals surface area contributed by atoms with Crippen LogP contribution in [0.5, 0.6) is 0 Å². The van der Waals surface area contributed by atoms with Crippen LogP contribution in [0.25, 0.3) is 0 Å². The van der Waals surface area contributed by atoms with E-state index in [0.717, 1.165) is 19.4 Å². The number of carbonyl (C=O) groups is 1. The second-order valence-corrected chi connectivity index (χ2v) is 6.32. The molecule has 19 heavy (non-hydrogen) atoms. The van der Waals surface area contributed by atoms with E-state index >= 15 is 0 Å². The predicted molar refractivity (Wildman–Crippen MR) is 76.2 cm³/mol. The SMILES string of the molecule is CC(=O)c1cc([N+](=O)[O-])c(N2CCC(C)CC2C)s1. The summed E-state index contributed by atoms with van der Waals surface area (Å²) >= 11 is 1.24. The van der Waals surface area contributed by atoms with Gasteiger partial charge >= 0.3 is 5.69 Å². The van der Waals surface area contributed by atoms with Crippen LogP contribution in [-0.4, -0.2) is 23.3 Å². The predicted octanol–water partition coefficient (Wildman–Crippen LogP) is 3.48.